The van der Waals surface area contributed by atoms with Crippen LogP contribution in [0.15, 0.2) is 0 Å². The van der Waals surface area contributed by atoms with Crippen LogP contribution in [-0.2, 0) is 9.84 Å². The number of sulfone groups is 1. The van der Waals surface area contributed by atoms with E-state index in [0.717, 1.165) is 32.1 Å². The largest absolute Gasteiger partial charge is 0.316 e. The first-order chi connectivity index (χ1) is 7.22. The highest BCUT2D eigenvalue weighted by atomic mass is 32.2. The molecule has 0 atom stereocenters. The molecule has 4 nitrogen and oxygen atoms in total. The maximum Gasteiger partial charge on any atom is 0.157 e. The monoisotopic (exact) mass is 249 g/mol. The SMILES string of the molecule is CC(C)(C)S(=O)(=O)CC1(NO)CCCCC1. The first-order valence-corrected chi connectivity index (χ1v) is 7.51. The molecule has 0 aromatic carbocycles. The van der Waals surface area contributed by atoms with Crippen molar-refractivity contribution in [3.63, 3.8) is 0 Å². The van der Waals surface area contributed by atoms with E-state index in [1.54, 1.807) is 20.8 Å². The number of hydroxylamine groups is 1. The van der Waals surface area contributed by atoms with Crippen molar-refractivity contribution >= 4 is 9.84 Å². The molecule has 2 N–H and O–H groups in total. The first-order valence-electron chi connectivity index (χ1n) is 5.86. The van der Waals surface area contributed by atoms with Crippen LogP contribution in [0, 0.1) is 0 Å². The van der Waals surface area contributed by atoms with Gasteiger partial charge in [0.05, 0.1) is 16.0 Å². The summed E-state index contributed by atoms with van der Waals surface area (Å²) in [7, 11) is -3.19. The van der Waals surface area contributed by atoms with E-state index < -0.39 is 20.1 Å². The molecule has 0 bridgehead atoms. The topological polar surface area (TPSA) is 66.4 Å². The van der Waals surface area contributed by atoms with Crippen molar-refractivity contribution in [3.05, 3.63) is 0 Å². The van der Waals surface area contributed by atoms with Gasteiger partial charge < -0.3 is 5.21 Å². The Hall–Kier alpha value is -0.130. The molecular formula is C11H23NO3S. The van der Waals surface area contributed by atoms with Crippen molar-refractivity contribution in [2.24, 2.45) is 0 Å². The van der Waals surface area contributed by atoms with Gasteiger partial charge in [-0.05, 0) is 33.6 Å². The van der Waals surface area contributed by atoms with E-state index in [4.69, 9.17) is 0 Å². The Balaban J connectivity index is 2.85. The molecule has 1 saturated carbocycles. The Labute approximate surface area is 98.3 Å². The Kier molecular flexibility index (Phi) is 4.03. The zero-order valence-corrected chi connectivity index (χ0v) is 11.2. The van der Waals surface area contributed by atoms with Gasteiger partial charge in [0.2, 0.25) is 0 Å². The van der Waals surface area contributed by atoms with Gasteiger partial charge in [-0.2, -0.15) is 5.48 Å². The normalized spacial score (nSPS) is 22.0. The second-order valence-electron chi connectivity index (χ2n) is 5.82. The molecular weight excluding hydrogens is 226 g/mol. The standard InChI is InChI=1S/C11H23NO3S/c1-10(2,3)16(14,15)9-11(12-13)7-5-4-6-8-11/h12-13H,4-9H2,1-3H3. The lowest BCUT2D eigenvalue weighted by molar-refractivity contribution is 0.0497. The van der Waals surface area contributed by atoms with Crippen LogP contribution in [0.2, 0.25) is 0 Å². The summed E-state index contributed by atoms with van der Waals surface area (Å²) in [6.45, 7) is 5.11. The third-order valence-electron chi connectivity index (χ3n) is 3.45. The Bertz CT molecular complexity index is 324. The molecule has 0 aliphatic heterocycles. The maximum atomic E-state index is 12.1. The lowest BCUT2D eigenvalue weighted by Crippen LogP contribution is -2.53. The molecule has 0 unspecified atom stereocenters. The second-order valence-corrected chi connectivity index (χ2v) is 8.57. The van der Waals surface area contributed by atoms with E-state index in [0.29, 0.717) is 0 Å². The van der Waals surface area contributed by atoms with Gasteiger partial charge in [0.1, 0.15) is 0 Å². The molecule has 5 heteroatoms. The zero-order chi connectivity index (χ0) is 12.4. The quantitative estimate of drug-likeness (QED) is 0.750. The maximum absolute atomic E-state index is 12.1. The highest BCUT2D eigenvalue weighted by molar-refractivity contribution is 7.92. The Morgan fingerprint density at radius 3 is 2.06 bits per heavy atom. The van der Waals surface area contributed by atoms with E-state index in [1.807, 2.05) is 0 Å². The Morgan fingerprint density at radius 2 is 1.69 bits per heavy atom. The third kappa shape index (κ3) is 2.96. The van der Waals surface area contributed by atoms with Gasteiger partial charge in [0.15, 0.2) is 9.84 Å². The van der Waals surface area contributed by atoms with Crippen molar-refractivity contribution in [3.8, 4) is 0 Å². The van der Waals surface area contributed by atoms with E-state index >= 15 is 0 Å². The second kappa shape index (κ2) is 4.63. The number of hydrogen-bond donors (Lipinski definition) is 2. The summed E-state index contributed by atoms with van der Waals surface area (Å²) in [5, 5.41) is 9.26. The predicted molar refractivity (Wildman–Crippen MR) is 64.3 cm³/mol. The molecule has 0 radical (unpaired) electrons. The molecule has 0 heterocycles. The molecule has 1 rings (SSSR count). The fourth-order valence-electron chi connectivity index (χ4n) is 2.10. The molecule has 96 valence electrons. The van der Waals surface area contributed by atoms with E-state index in [-0.39, 0.29) is 5.75 Å². The Morgan fingerprint density at radius 1 is 1.19 bits per heavy atom. The molecule has 0 aromatic heterocycles. The van der Waals surface area contributed by atoms with Gasteiger partial charge in [-0.25, -0.2) is 8.42 Å². The molecule has 0 saturated heterocycles. The molecule has 0 aromatic rings. The number of hydrogen-bond acceptors (Lipinski definition) is 4. The van der Waals surface area contributed by atoms with Crippen molar-refractivity contribution in [1.82, 2.24) is 5.48 Å². The van der Waals surface area contributed by atoms with Gasteiger partial charge in [0.25, 0.3) is 0 Å². The van der Waals surface area contributed by atoms with E-state index in [2.05, 4.69) is 5.48 Å². The summed E-state index contributed by atoms with van der Waals surface area (Å²) in [6, 6.07) is 0. The minimum Gasteiger partial charge on any atom is -0.316 e. The number of nitrogens with one attached hydrogen (secondary N) is 1. The van der Waals surface area contributed by atoms with Crippen LogP contribution in [0.25, 0.3) is 0 Å². The predicted octanol–water partition coefficient (Wildman–Crippen LogP) is 1.88. The zero-order valence-electron chi connectivity index (χ0n) is 10.4. The summed E-state index contributed by atoms with van der Waals surface area (Å²) in [5.74, 6) is 0.0278. The van der Waals surface area contributed by atoms with Gasteiger partial charge in [-0.15, -0.1) is 0 Å². The average Bonchev–Trinajstić information content (AvgIpc) is 2.17. The summed E-state index contributed by atoms with van der Waals surface area (Å²) in [6.07, 6.45) is 4.55. The van der Waals surface area contributed by atoms with Gasteiger partial charge >= 0.3 is 0 Å². The molecule has 0 amide bonds. The van der Waals surface area contributed by atoms with Gasteiger partial charge in [0, 0.05) is 0 Å². The van der Waals surface area contributed by atoms with Gasteiger partial charge in [-0.3, -0.25) is 0 Å². The molecule has 1 fully saturated rings. The van der Waals surface area contributed by atoms with E-state index in [9.17, 15) is 13.6 Å². The smallest absolute Gasteiger partial charge is 0.157 e. The summed E-state index contributed by atoms with van der Waals surface area (Å²) in [4.78, 5) is 0. The molecule has 1 aliphatic carbocycles. The van der Waals surface area contributed by atoms with Crippen LogP contribution in [0.1, 0.15) is 52.9 Å². The summed E-state index contributed by atoms with van der Waals surface area (Å²) < 4.78 is 23.5. The highest BCUT2D eigenvalue weighted by Crippen LogP contribution is 2.31. The molecule has 0 spiro atoms. The molecule has 16 heavy (non-hydrogen) atoms. The molecule has 1 aliphatic rings. The lowest BCUT2D eigenvalue weighted by atomic mass is 9.84. The van der Waals surface area contributed by atoms with Gasteiger partial charge in [-0.1, -0.05) is 19.3 Å². The van der Waals surface area contributed by atoms with E-state index in [1.165, 1.54) is 0 Å². The van der Waals surface area contributed by atoms with Crippen LogP contribution in [-0.4, -0.2) is 29.7 Å². The van der Waals surface area contributed by atoms with Crippen LogP contribution in [0.5, 0.6) is 0 Å². The summed E-state index contributed by atoms with van der Waals surface area (Å²) in [5.41, 5.74) is 1.65. The minimum atomic E-state index is -3.19. The first kappa shape index (κ1) is 13.9. The average molecular weight is 249 g/mol. The van der Waals surface area contributed by atoms with Crippen LogP contribution in [0.3, 0.4) is 0 Å². The van der Waals surface area contributed by atoms with Crippen LogP contribution < -0.4 is 5.48 Å². The van der Waals surface area contributed by atoms with Crippen LogP contribution >= 0.6 is 0 Å². The third-order valence-corrected chi connectivity index (χ3v) is 6.25. The van der Waals surface area contributed by atoms with Crippen molar-refractivity contribution in [1.29, 1.82) is 0 Å². The minimum absolute atomic E-state index is 0.0278. The van der Waals surface area contributed by atoms with Crippen molar-refractivity contribution in [2.75, 3.05) is 5.75 Å². The summed E-state index contributed by atoms with van der Waals surface area (Å²) >= 11 is 0. The fourth-order valence-corrected chi connectivity index (χ4v) is 3.61. The van der Waals surface area contributed by atoms with Crippen molar-refractivity contribution < 1.29 is 13.6 Å². The van der Waals surface area contributed by atoms with Crippen molar-refractivity contribution in [2.45, 2.75) is 63.2 Å². The number of rotatable bonds is 3. The van der Waals surface area contributed by atoms with Crippen LogP contribution in [0.4, 0.5) is 0 Å². The lowest BCUT2D eigenvalue weighted by Gasteiger charge is -2.37. The highest BCUT2D eigenvalue weighted by Gasteiger charge is 2.40. The fraction of sp³-hybridized carbons (Fsp3) is 1.00.